The molecule has 0 fully saturated rings. The minimum absolute atomic E-state index is 0. The molecular weight excluding hydrogens is 289 g/mol. The van der Waals surface area contributed by atoms with Gasteiger partial charge in [0.25, 0.3) is 0 Å². The second-order valence-electron chi connectivity index (χ2n) is 5.05. The van der Waals surface area contributed by atoms with Crippen molar-refractivity contribution >= 4 is 68.1 Å². The molecule has 3 aromatic carbocycles. The first-order valence-corrected chi connectivity index (χ1v) is 6.54. The first-order valence-electron chi connectivity index (χ1n) is 6.54. The summed E-state index contributed by atoms with van der Waals surface area (Å²) in [6.07, 6.45) is 0. The zero-order chi connectivity index (χ0) is 14.6. The Balaban J connectivity index is 0.00000144. The molecule has 104 valence electrons. The van der Waals surface area contributed by atoms with Gasteiger partial charge in [0.05, 0.1) is 5.52 Å². The molecule has 1 heterocycles. The van der Waals surface area contributed by atoms with E-state index in [1.165, 1.54) is 12.1 Å². The van der Waals surface area contributed by atoms with Crippen molar-refractivity contribution in [1.82, 2.24) is 4.98 Å². The Hall–Kier alpha value is -2.01. The van der Waals surface area contributed by atoms with Crippen LogP contribution in [0.1, 0.15) is 10.4 Å². The number of rotatable bonds is 1. The maximum absolute atomic E-state index is 11.1. The van der Waals surface area contributed by atoms with E-state index in [-0.39, 0.29) is 40.9 Å². The van der Waals surface area contributed by atoms with E-state index in [0.717, 1.165) is 32.6 Å². The molecule has 5 heteroatoms. The van der Waals surface area contributed by atoms with Crippen LogP contribution in [-0.4, -0.2) is 50.7 Å². The van der Waals surface area contributed by atoms with Gasteiger partial charge in [0, 0.05) is 21.7 Å². The predicted octanol–water partition coefficient (Wildman–Crippen LogP) is 3.23. The molecule has 0 amide bonds. The third-order valence-electron chi connectivity index (χ3n) is 3.84. The zero-order valence-electron chi connectivity index (χ0n) is 10.9. The number of phenols is 1. The maximum atomic E-state index is 11.1. The molecule has 4 nitrogen and oxygen atoms in total. The zero-order valence-corrected chi connectivity index (χ0v) is 10.9. The average Bonchev–Trinajstić information content (AvgIpc) is 2.85. The first kappa shape index (κ1) is 14.9. The van der Waals surface area contributed by atoms with Crippen LogP contribution in [0, 0.1) is 0 Å². The summed E-state index contributed by atoms with van der Waals surface area (Å²) >= 11 is 0. The Morgan fingerprint density at radius 1 is 0.955 bits per heavy atom. The molecule has 22 heavy (non-hydrogen) atoms. The molecule has 0 unspecified atom stereocenters. The van der Waals surface area contributed by atoms with E-state index >= 15 is 0 Å². The topological polar surface area (TPSA) is 73.3 Å². The monoisotopic (exact) mass is 301 g/mol. The van der Waals surface area contributed by atoms with Gasteiger partial charge >= 0.3 is 35.5 Å². The van der Waals surface area contributed by atoms with E-state index in [1.54, 1.807) is 0 Å². The quantitative estimate of drug-likeness (QED) is 0.473. The number of aromatic nitrogens is 1. The second-order valence-corrected chi connectivity index (χ2v) is 5.05. The fourth-order valence-corrected chi connectivity index (χ4v) is 2.85. The van der Waals surface area contributed by atoms with E-state index in [1.807, 2.05) is 36.4 Å². The van der Waals surface area contributed by atoms with Crippen LogP contribution in [0.2, 0.25) is 0 Å². The van der Waals surface area contributed by atoms with Crippen molar-refractivity contribution in [2.45, 2.75) is 0 Å². The third-order valence-corrected chi connectivity index (χ3v) is 3.84. The molecule has 0 aliphatic rings. The number of fused-ring (bicyclic) bond motifs is 5. The van der Waals surface area contributed by atoms with Gasteiger partial charge in [0.2, 0.25) is 0 Å². The Morgan fingerprint density at radius 3 is 2.50 bits per heavy atom. The number of hydrogen-bond acceptors (Lipinski definition) is 2. The fourth-order valence-electron chi connectivity index (χ4n) is 2.85. The van der Waals surface area contributed by atoms with E-state index in [4.69, 9.17) is 5.11 Å². The molecule has 0 radical (unpaired) electrons. The standard InChI is InChI=1S/C17H11NO3.Na.H/c19-15-8-12-9(7-13(15)17(20)21)5-6-11-10-3-1-2-4-14(10)18-16(11)12;;/h1-8,18-19H,(H,20,21);;. The predicted molar refractivity (Wildman–Crippen MR) is 89.1 cm³/mol. The Morgan fingerprint density at radius 2 is 1.73 bits per heavy atom. The molecule has 0 bridgehead atoms. The number of carboxylic acid groups (broad SMARTS) is 1. The minimum atomic E-state index is -1.13. The van der Waals surface area contributed by atoms with E-state index in [9.17, 15) is 9.90 Å². The molecule has 0 atom stereocenters. The van der Waals surface area contributed by atoms with Crippen LogP contribution in [0.3, 0.4) is 0 Å². The van der Waals surface area contributed by atoms with Gasteiger partial charge in [-0.25, -0.2) is 4.79 Å². The Labute approximate surface area is 147 Å². The molecule has 0 spiro atoms. The van der Waals surface area contributed by atoms with Crippen LogP contribution in [-0.2, 0) is 0 Å². The summed E-state index contributed by atoms with van der Waals surface area (Å²) in [5.74, 6) is -1.35. The SMILES string of the molecule is O=C(O)c1cc2ccc3c4ccccc4[nH]c3c2cc1O.[NaH]. The molecule has 0 saturated carbocycles. The summed E-state index contributed by atoms with van der Waals surface area (Å²) in [4.78, 5) is 14.4. The number of carbonyl (C=O) groups is 1. The van der Waals surface area contributed by atoms with Crippen LogP contribution in [0.15, 0.2) is 48.5 Å². The van der Waals surface area contributed by atoms with Crippen LogP contribution in [0.5, 0.6) is 5.75 Å². The van der Waals surface area contributed by atoms with Gasteiger partial charge in [-0.2, -0.15) is 0 Å². The normalized spacial score (nSPS) is 10.9. The molecule has 1 aromatic heterocycles. The summed E-state index contributed by atoms with van der Waals surface area (Å²) in [6, 6.07) is 14.8. The number of benzene rings is 3. The molecule has 3 N–H and O–H groups in total. The molecule has 0 saturated heterocycles. The van der Waals surface area contributed by atoms with Crippen molar-refractivity contribution in [3.05, 3.63) is 54.1 Å². The summed E-state index contributed by atoms with van der Waals surface area (Å²) < 4.78 is 0. The van der Waals surface area contributed by atoms with E-state index < -0.39 is 5.97 Å². The first-order chi connectivity index (χ1) is 10.1. The molecule has 0 aliphatic carbocycles. The van der Waals surface area contributed by atoms with Gasteiger partial charge in [0.1, 0.15) is 11.3 Å². The number of para-hydroxylation sites is 1. The summed E-state index contributed by atoms with van der Waals surface area (Å²) in [5, 5.41) is 22.8. The summed E-state index contributed by atoms with van der Waals surface area (Å²) in [5.41, 5.74) is 1.83. The van der Waals surface area contributed by atoms with E-state index in [0.29, 0.717) is 0 Å². The number of aromatic carboxylic acids is 1. The number of carboxylic acids is 1. The van der Waals surface area contributed by atoms with Gasteiger partial charge in [0.15, 0.2) is 0 Å². The molecule has 4 rings (SSSR count). The summed E-state index contributed by atoms with van der Waals surface area (Å²) in [6.45, 7) is 0. The summed E-state index contributed by atoms with van der Waals surface area (Å²) in [7, 11) is 0. The van der Waals surface area contributed by atoms with E-state index in [2.05, 4.69) is 4.98 Å². The Bertz CT molecular complexity index is 1040. The average molecular weight is 301 g/mol. The van der Waals surface area contributed by atoms with Crippen LogP contribution in [0.25, 0.3) is 32.6 Å². The van der Waals surface area contributed by atoms with Gasteiger partial charge in [-0.05, 0) is 23.6 Å². The molecule has 4 aromatic rings. The number of nitrogens with one attached hydrogen (secondary N) is 1. The van der Waals surface area contributed by atoms with Crippen molar-refractivity contribution in [3.63, 3.8) is 0 Å². The number of aromatic hydroxyl groups is 1. The fraction of sp³-hybridized carbons (Fsp3) is 0. The van der Waals surface area contributed by atoms with Crippen LogP contribution in [0.4, 0.5) is 0 Å². The third kappa shape index (κ3) is 2.08. The van der Waals surface area contributed by atoms with Crippen molar-refractivity contribution in [3.8, 4) is 5.75 Å². The van der Waals surface area contributed by atoms with Crippen molar-refractivity contribution in [2.24, 2.45) is 0 Å². The number of aromatic amines is 1. The van der Waals surface area contributed by atoms with Crippen molar-refractivity contribution < 1.29 is 15.0 Å². The van der Waals surface area contributed by atoms with Gasteiger partial charge in [-0.1, -0.05) is 30.3 Å². The van der Waals surface area contributed by atoms with Gasteiger partial charge in [-0.15, -0.1) is 0 Å². The molecule has 0 aliphatic heterocycles. The van der Waals surface area contributed by atoms with Crippen LogP contribution >= 0.6 is 0 Å². The van der Waals surface area contributed by atoms with Gasteiger partial charge in [-0.3, -0.25) is 0 Å². The second kappa shape index (κ2) is 5.32. The number of H-pyrrole nitrogens is 1. The van der Waals surface area contributed by atoms with Crippen molar-refractivity contribution in [1.29, 1.82) is 0 Å². The van der Waals surface area contributed by atoms with Crippen LogP contribution < -0.4 is 0 Å². The number of hydrogen-bond donors (Lipinski definition) is 3. The van der Waals surface area contributed by atoms with Crippen molar-refractivity contribution in [2.75, 3.05) is 0 Å². The molecular formula is C17H12NNaO3. The Kier molecular flexibility index (Phi) is 3.60. The van der Waals surface area contributed by atoms with Gasteiger partial charge < -0.3 is 15.2 Å².